The summed E-state index contributed by atoms with van der Waals surface area (Å²) in [4.78, 5) is 204. The molecule has 1 aliphatic heterocycles. The Morgan fingerprint density at radius 1 is 0.650 bits per heavy atom. The van der Waals surface area contributed by atoms with Gasteiger partial charge in [-0.25, -0.2) is 34.4 Å². The number of benzene rings is 3. The molecule has 4 aromatic rings. The van der Waals surface area contributed by atoms with Crippen molar-refractivity contribution in [3.05, 3.63) is 117 Å². The van der Waals surface area contributed by atoms with E-state index in [-0.39, 0.29) is 143 Å². The second-order valence-corrected chi connectivity index (χ2v) is 33.7. The van der Waals surface area contributed by atoms with Gasteiger partial charge in [-0.2, -0.15) is 0 Å². The average molecular weight is 1730 g/mol. The number of carbonyl (C=O) groups is 15. The lowest BCUT2D eigenvalue weighted by Gasteiger charge is -2.39. The molecule has 0 aliphatic carbocycles. The highest BCUT2D eigenvalue weighted by molar-refractivity contribution is 8.76. The van der Waals surface area contributed by atoms with Crippen LogP contribution in [-0.2, 0) is 88.0 Å². The molecule has 35 nitrogen and oxygen atoms in total. The third kappa shape index (κ3) is 36.9. The Labute approximate surface area is 710 Å². The number of nitrogens with zero attached hydrogens (tertiary/aromatic N) is 3. The van der Waals surface area contributed by atoms with Crippen molar-refractivity contribution in [1.29, 1.82) is 0 Å². The van der Waals surface area contributed by atoms with Crippen LogP contribution < -0.4 is 53.4 Å². The molecule has 3 aromatic carbocycles. The quantitative estimate of drug-likeness (QED) is 0.00683. The lowest BCUT2D eigenvalue weighted by molar-refractivity contribution is -0.159. The number of piperidine rings is 1. The SMILES string of the molecule is CCCC(=O)OCN(C(=O)C(NC(=O)[C@H]1CCCCN1C)[C@@H](C)CC)[C@H](C[C@@H](C)c1nc(C(=O)N[C@@H](Cc2ccc(O)cc2)C[C@H](C)C(=O)NNC(=O)OCCSSC[C@H](NC(=O)[C@@H](CC(=O)[C@H](CC(=O)O)NC(=O)Cc2ccc(CNC(=O)NCCCC[C@H](NC(=O)NCCCC(=O)O)C(=O)O)cc2)Cc2ccccc2)C(=O)O)cs1)C(C)C. The number of likely N-dealkylation sites (N-methyl/N-ethyl adjacent to an activating group) is 1. The Balaban J connectivity index is 1.10. The number of aliphatic carboxylic acids is 4. The van der Waals surface area contributed by atoms with Gasteiger partial charge >= 0.3 is 48.0 Å². The van der Waals surface area contributed by atoms with E-state index in [9.17, 15) is 92.3 Å². The van der Waals surface area contributed by atoms with Gasteiger partial charge in [-0.3, -0.25) is 58.3 Å². The number of carboxylic acids is 4. The number of aromatic hydroxyl groups is 1. The fraction of sp³-hybridized carbons (Fsp3) is 0.561. The molecule has 1 aliphatic rings. The van der Waals surface area contributed by atoms with Crippen molar-refractivity contribution in [3.8, 4) is 5.75 Å². The number of ketones is 1. The van der Waals surface area contributed by atoms with Gasteiger partial charge in [0.1, 0.15) is 36.2 Å². The van der Waals surface area contributed by atoms with Gasteiger partial charge < -0.3 is 82.4 Å². The molecule has 1 saturated heterocycles. The predicted octanol–water partition coefficient (Wildman–Crippen LogP) is 7.19. The maximum atomic E-state index is 14.9. The van der Waals surface area contributed by atoms with E-state index in [0.717, 1.165) is 46.5 Å². The van der Waals surface area contributed by atoms with Crippen LogP contribution in [-0.4, -0.2) is 223 Å². The molecular formula is C82H117N13O22S3. The first-order valence-electron chi connectivity index (χ1n) is 40.3. The molecule has 1 unspecified atom stereocenters. The number of hydrogen-bond acceptors (Lipinski definition) is 23. The van der Waals surface area contributed by atoms with Gasteiger partial charge in [0.05, 0.1) is 29.9 Å². The average Bonchev–Trinajstić information content (AvgIpc) is 1.26. The van der Waals surface area contributed by atoms with Gasteiger partial charge in [-0.15, -0.1) is 11.3 Å². The summed E-state index contributed by atoms with van der Waals surface area (Å²) < 4.78 is 11.0. The number of unbranched alkanes of at least 4 members (excludes halogenated alkanes) is 1. The Kier molecular flexibility index (Phi) is 44.3. The highest BCUT2D eigenvalue weighted by Crippen LogP contribution is 2.32. The van der Waals surface area contributed by atoms with Crippen LogP contribution in [0, 0.1) is 23.7 Å². The van der Waals surface area contributed by atoms with Gasteiger partial charge in [0.2, 0.25) is 29.5 Å². The molecule has 38 heteroatoms. The van der Waals surface area contributed by atoms with E-state index in [0.29, 0.717) is 60.2 Å². The summed E-state index contributed by atoms with van der Waals surface area (Å²) in [6, 6.07) is 13.2. The predicted molar refractivity (Wildman–Crippen MR) is 449 cm³/mol. The number of rotatable bonds is 53. The summed E-state index contributed by atoms with van der Waals surface area (Å²) in [5.74, 6) is -12.6. The van der Waals surface area contributed by atoms with Gasteiger partial charge in [0, 0.05) is 85.6 Å². The normalized spacial score (nSPS) is 15.1. The molecule has 120 heavy (non-hydrogen) atoms. The topological polar surface area (TPSA) is 515 Å². The summed E-state index contributed by atoms with van der Waals surface area (Å²) in [5.41, 5.74) is 7.05. The summed E-state index contributed by atoms with van der Waals surface area (Å²) in [6.45, 7) is 13.7. The van der Waals surface area contributed by atoms with Gasteiger partial charge in [-0.1, -0.05) is 150 Å². The third-order valence-corrected chi connectivity index (χ3v) is 23.6. The molecule has 11 atom stereocenters. The number of phenolic OH excluding ortho intramolecular Hbond substituents is 1. The molecule has 0 bridgehead atoms. The Morgan fingerprint density at radius 3 is 1.97 bits per heavy atom. The number of Topliss-reactive ketones (excluding diaryl/α,β-unsaturated/α-hetero) is 1. The fourth-order valence-electron chi connectivity index (χ4n) is 13.1. The van der Waals surface area contributed by atoms with Crippen LogP contribution in [0.1, 0.15) is 188 Å². The highest BCUT2D eigenvalue weighted by atomic mass is 33.1. The molecule has 0 saturated carbocycles. The van der Waals surface area contributed by atoms with Crippen LogP contribution >= 0.6 is 32.9 Å². The minimum atomic E-state index is -1.59. The van der Waals surface area contributed by atoms with Crippen molar-refractivity contribution in [2.75, 3.05) is 51.5 Å². The fourth-order valence-corrected chi connectivity index (χ4v) is 15.9. The van der Waals surface area contributed by atoms with Crippen molar-refractivity contribution in [2.24, 2.45) is 23.7 Å². The van der Waals surface area contributed by atoms with Crippen molar-refractivity contribution >= 4 is 122 Å². The van der Waals surface area contributed by atoms with Crippen molar-refractivity contribution in [2.45, 2.75) is 219 Å². The van der Waals surface area contributed by atoms with E-state index in [2.05, 4.69) is 53.4 Å². The van der Waals surface area contributed by atoms with Crippen LogP contribution in [0.15, 0.2) is 84.2 Å². The molecule has 1 fully saturated rings. The smallest absolute Gasteiger partial charge is 0.426 e. The van der Waals surface area contributed by atoms with Crippen molar-refractivity contribution in [1.82, 2.24) is 68.2 Å². The van der Waals surface area contributed by atoms with E-state index in [1.807, 2.05) is 53.5 Å². The molecule has 0 radical (unpaired) electrons. The number of esters is 1. The second kappa shape index (κ2) is 53.1. The number of thiazole rings is 1. The minimum Gasteiger partial charge on any atom is -0.508 e. The maximum Gasteiger partial charge on any atom is 0.426 e. The second-order valence-electron chi connectivity index (χ2n) is 30.2. The van der Waals surface area contributed by atoms with Gasteiger partial charge in [-0.05, 0) is 130 Å². The number of phenols is 1. The zero-order valence-corrected chi connectivity index (χ0v) is 71.6. The lowest BCUT2D eigenvalue weighted by Crippen LogP contribution is -2.59. The van der Waals surface area contributed by atoms with Crippen LogP contribution in [0.25, 0.3) is 0 Å². The van der Waals surface area contributed by atoms with E-state index in [1.165, 1.54) is 23.5 Å². The number of carboxylic acid groups (broad SMARTS) is 4. The number of urea groups is 2. The number of carbonyl (C=O) groups excluding carboxylic acids is 11. The van der Waals surface area contributed by atoms with Gasteiger partial charge in [0.25, 0.3) is 5.91 Å². The van der Waals surface area contributed by atoms with Crippen molar-refractivity contribution < 1.29 is 107 Å². The summed E-state index contributed by atoms with van der Waals surface area (Å²) in [7, 11) is 4.02. The number of ether oxygens (including phenoxy) is 2. The first-order chi connectivity index (χ1) is 57.1. The van der Waals surface area contributed by atoms with Crippen LogP contribution in [0.2, 0.25) is 0 Å². The van der Waals surface area contributed by atoms with Crippen LogP contribution in [0.4, 0.5) is 14.4 Å². The summed E-state index contributed by atoms with van der Waals surface area (Å²) in [5, 5.41) is 71.7. The van der Waals surface area contributed by atoms with E-state index >= 15 is 0 Å². The monoisotopic (exact) mass is 1730 g/mol. The summed E-state index contributed by atoms with van der Waals surface area (Å²) >= 11 is 1.25. The standard InChI is InChI=1S/C82H117N13O22S3/c1-9-19-70(103)117-48-95(77(108)71(50(5)10-2)91-75(107)64-23-15-17-35-94(64)8)65(49(3)4)39-52(7)76-89-62(46-118-76)74(106)86-58(41-54-29-31-59(96)32-30-54)38-51(6)72(104)92-93-82(115)116-36-37-119-120-47-63(79(111)112)88-73(105)57(40-53-20-12-11-13-21-53)43-66(97)61(44-69(101)102)87-67(98)42-55-25-27-56(28-26-55)45-85-80(113)83-33-16-14-22-60(78(109)110)90-81(114)84-34-18-24-68(99)100/h11-13,20-21,25-32,46,49-52,57-58,60-61,63-65,71,96H,9-10,14-19,22-24,33-45,47-48H2,1-8H3,(H,86,106)(H,87,98)(H,88,105)(H,91,107)(H,92,104)(H,93,115)(H,99,100)(H,101,102)(H,109,110)(H,111,112)(H2,83,85,113)(H2,84,90,114)/t50-,51-,52+,57+,58+,60-,61-,63-,64+,65+,71?/m0/s1. The minimum absolute atomic E-state index is 0.0174. The highest BCUT2D eigenvalue weighted by Gasteiger charge is 2.40. The Bertz CT molecular complexity index is 4030. The van der Waals surface area contributed by atoms with E-state index in [1.54, 1.807) is 83.9 Å². The third-order valence-electron chi connectivity index (χ3n) is 20.1. The number of nitrogens with one attached hydrogen (secondary N) is 10. The molecule has 2 heterocycles. The zero-order valence-electron chi connectivity index (χ0n) is 69.1. The molecule has 0 spiro atoms. The van der Waals surface area contributed by atoms with E-state index < -0.39 is 138 Å². The Morgan fingerprint density at radius 2 is 1.32 bits per heavy atom. The largest absolute Gasteiger partial charge is 0.508 e. The molecule has 5 rings (SSSR count). The summed E-state index contributed by atoms with van der Waals surface area (Å²) in [6.07, 6.45) is 2.39. The van der Waals surface area contributed by atoms with Crippen LogP contribution in [0.5, 0.6) is 5.75 Å². The van der Waals surface area contributed by atoms with E-state index in [4.69, 9.17) is 19.6 Å². The van der Waals surface area contributed by atoms with Gasteiger partial charge in [0.15, 0.2) is 12.5 Å². The molecule has 1 aromatic heterocycles. The Hall–Kier alpha value is -10.6. The lowest BCUT2D eigenvalue weighted by atomic mass is 9.90. The molecule has 660 valence electrons. The first-order valence-corrected chi connectivity index (χ1v) is 43.7. The molecular weight excluding hydrogens is 1620 g/mol. The number of likely N-dealkylation sites (tertiary alicyclic amines) is 1. The number of hydrogen-bond donors (Lipinski definition) is 15. The zero-order chi connectivity index (χ0) is 88.4. The molecule has 11 amide bonds. The first kappa shape index (κ1) is 100.0. The van der Waals surface area contributed by atoms with Crippen LogP contribution in [0.3, 0.4) is 0 Å². The number of hydrazine groups is 1. The number of amides is 11. The maximum absolute atomic E-state index is 14.9. The van der Waals surface area contributed by atoms with Crippen molar-refractivity contribution in [3.63, 3.8) is 0 Å². The number of aromatic nitrogens is 1. The molecule has 15 N–H and O–H groups in total.